The predicted molar refractivity (Wildman–Crippen MR) is 94.4 cm³/mol. The van der Waals surface area contributed by atoms with Gasteiger partial charge in [0, 0.05) is 16.1 Å². The Hall–Kier alpha value is -1.99. The summed E-state index contributed by atoms with van der Waals surface area (Å²) < 4.78 is 0. The van der Waals surface area contributed by atoms with Gasteiger partial charge in [0.25, 0.3) is 0 Å². The molecule has 0 bridgehead atoms. The van der Waals surface area contributed by atoms with E-state index in [9.17, 15) is 0 Å². The number of thioether (sulfide) groups is 1. The molecule has 0 unspecified atom stereocenters. The number of hydrogen-bond donors (Lipinski definition) is 0. The van der Waals surface area contributed by atoms with Crippen LogP contribution < -0.4 is 0 Å². The Balaban J connectivity index is 1.77. The highest BCUT2D eigenvalue weighted by molar-refractivity contribution is 7.99. The molecule has 1 aliphatic heterocycles. The van der Waals surface area contributed by atoms with Gasteiger partial charge in [-0.3, -0.25) is 0 Å². The molecule has 0 saturated heterocycles. The van der Waals surface area contributed by atoms with Crippen molar-refractivity contribution < 1.29 is 0 Å². The van der Waals surface area contributed by atoms with Crippen LogP contribution in [-0.2, 0) is 0 Å². The van der Waals surface area contributed by atoms with E-state index in [2.05, 4.69) is 84.9 Å². The summed E-state index contributed by atoms with van der Waals surface area (Å²) in [5.74, 6) is 0.490. The van der Waals surface area contributed by atoms with Gasteiger partial charge in [-0.15, -0.1) is 11.8 Å². The van der Waals surface area contributed by atoms with Crippen LogP contribution >= 0.6 is 11.8 Å². The normalized spacial score (nSPS) is 20.4. The Morgan fingerprint density at radius 2 is 1.23 bits per heavy atom. The highest BCUT2D eigenvalue weighted by atomic mass is 32.2. The van der Waals surface area contributed by atoms with Crippen molar-refractivity contribution in [2.24, 2.45) is 0 Å². The highest BCUT2D eigenvalue weighted by Crippen LogP contribution is 2.51. The Bertz CT molecular complexity index is 749. The molecule has 1 aliphatic rings. The van der Waals surface area contributed by atoms with Gasteiger partial charge in [0.15, 0.2) is 0 Å². The lowest BCUT2D eigenvalue weighted by Gasteiger charge is -2.31. The van der Waals surface area contributed by atoms with Gasteiger partial charge < -0.3 is 0 Å². The molecule has 3 aromatic carbocycles. The van der Waals surface area contributed by atoms with E-state index in [0.717, 1.165) is 6.42 Å². The molecular weight excluding hydrogens is 284 g/mol. The Morgan fingerprint density at radius 3 is 1.95 bits per heavy atom. The number of fused-ring (bicyclic) bond motifs is 1. The maximum Gasteiger partial charge on any atom is 0.0353 e. The van der Waals surface area contributed by atoms with Crippen LogP contribution in [0.5, 0.6) is 0 Å². The zero-order valence-corrected chi connectivity index (χ0v) is 13.2. The Labute approximate surface area is 136 Å². The van der Waals surface area contributed by atoms with Crippen molar-refractivity contribution in [2.45, 2.75) is 22.5 Å². The van der Waals surface area contributed by atoms with Crippen LogP contribution in [0.25, 0.3) is 0 Å². The first-order valence-corrected chi connectivity index (χ1v) is 8.65. The molecule has 4 rings (SSSR count). The van der Waals surface area contributed by atoms with Crippen molar-refractivity contribution in [3.63, 3.8) is 0 Å². The molecule has 0 spiro atoms. The lowest BCUT2D eigenvalue weighted by atomic mass is 9.85. The maximum atomic E-state index is 2.29. The predicted octanol–water partition coefficient (Wildman–Crippen LogP) is 6.06. The van der Waals surface area contributed by atoms with Gasteiger partial charge in [-0.05, 0) is 29.2 Å². The molecule has 108 valence electrons. The molecular formula is C21H18S. The van der Waals surface area contributed by atoms with Crippen LogP contribution in [-0.4, -0.2) is 0 Å². The van der Waals surface area contributed by atoms with E-state index in [4.69, 9.17) is 0 Å². The molecule has 0 aliphatic carbocycles. The number of hydrogen-bond acceptors (Lipinski definition) is 1. The zero-order valence-electron chi connectivity index (χ0n) is 12.4. The molecule has 0 nitrogen and oxygen atoms in total. The van der Waals surface area contributed by atoms with Crippen molar-refractivity contribution in [3.05, 3.63) is 102 Å². The number of benzene rings is 3. The van der Waals surface area contributed by atoms with E-state index in [0.29, 0.717) is 11.2 Å². The summed E-state index contributed by atoms with van der Waals surface area (Å²) >= 11 is 2.01. The van der Waals surface area contributed by atoms with Gasteiger partial charge in [-0.1, -0.05) is 78.9 Å². The molecule has 1 heterocycles. The van der Waals surface area contributed by atoms with Crippen LogP contribution in [0, 0.1) is 0 Å². The third kappa shape index (κ3) is 2.57. The fraction of sp³-hybridized carbons (Fsp3) is 0.143. The lowest BCUT2D eigenvalue weighted by molar-refractivity contribution is 0.677. The molecule has 3 aromatic rings. The number of rotatable bonds is 2. The zero-order chi connectivity index (χ0) is 14.8. The molecule has 0 radical (unpaired) electrons. The summed E-state index contributed by atoms with van der Waals surface area (Å²) in [5.41, 5.74) is 4.34. The molecule has 2 atom stereocenters. The topological polar surface area (TPSA) is 0 Å². The van der Waals surface area contributed by atoms with Crippen molar-refractivity contribution in [1.82, 2.24) is 0 Å². The molecule has 0 amide bonds. The van der Waals surface area contributed by atoms with Crippen LogP contribution in [0.2, 0.25) is 0 Å². The average molecular weight is 302 g/mol. The Morgan fingerprint density at radius 1 is 0.636 bits per heavy atom. The molecule has 1 heteroatoms. The van der Waals surface area contributed by atoms with E-state index in [1.807, 2.05) is 11.8 Å². The monoisotopic (exact) mass is 302 g/mol. The summed E-state index contributed by atoms with van der Waals surface area (Å²) in [4.78, 5) is 1.43. The minimum atomic E-state index is 0.490. The second-order valence-electron chi connectivity index (χ2n) is 5.75. The third-order valence-corrected chi connectivity index (χ3v) is 5.76. The molecule has 0 fully saturated rings. The first-order chi connectivity index (χ1) is 10.9. The fourth-order valence-corrected chi connectivity index (χ4v) is 4.68. The second kappa shape index (κ2) is 6.02. The van der Waals surface area contributed by atoms with Crippen molar-refractivity contribution in [1.29, 1.82) is 0 Å². The molecule has 0 N–H and O–H groups in total. The van der Waals surface area contributed by atoms with Crippen molar-refractivity contribution >= 4 is 11.8 Å². The summed E-state index contributed by atoms with van der Waals surface area (Å²) in [5, 5.41) is 0.529. The summed E-state index contributed by atoms with van der Waals surface area (Å²) in [6.45, 7) is 0. The fourth-order valence-electron chi connectivity index (χ4n) is 3.29. The van der Waals surface area contributed by atoms with Gasteiger partial charge in [0.2, 0.25) is 0 Å². The quantitative estimate of drug-likeness (QED) is 0.555. The van der Waals surface area contributed by atoms with Crippen LogP contribution in [0.4, 0.5) is 0 Å². The standard InChI is InChI=1S/C21H18S/c1-3-9-16(10-4-1)19-15-21(17-11-5-2-6-12-17)22-20-14-8-7-13-18(19)20/h1-14,19,21H,15H2/t19-,21+/m1/s1. The largest absolute Gasteiger partial charge is 0.118 e. The van der Waals surface area contributed by atoms with Gasteiger partial charge >= 0.3 is 0 Å². The van der Waals surface area contributed by atoms with Crippen molar-refractivity contribution in [2.75, 3.05) is 0 Å². The van der Waals surface area contributed by atoms with Gasteiger partial charge in [0.1, 0.15) is 0 Å². The molecule has 22 heavy (non-hydrogen) atoms. The SMILES string of the molecule is c1ccc([C@H]2C[C@@H](c3ccccc3)Sc3ccccc32)cc1. The van der Waals surface area contributed by atoms with Gasteiger partial charge in [-0.25, -0.2) is 0 Å². The second-order valence-corrected chi connectivity index (χ2v) is 7.00. The first kappa shape index (κ1) is 13.7. The maximum absolute atomic E-state index is 2.29. The van der Waals surface area contributed by atoms with E-state index < -0.39 is 0 Å². The molecule has 0 aromatic heterocycles. The smallest absolute Gasteiger partial charge is 0.0353 e. The third-order valence-electron chi connectivity index (χ3n) is 4.39. The van der Waals surface area contributed by atoms with Gasteiger partial charge in [0.05, 0.1) is 0 Å². The lowest BCUT2D eigenvalue weighted by Crippen LogP contribution is -2.12. The van der Waals surface area contributed by atoms with Crippen LogP contribution in [0.15, 0.2) is 89.8 Å². The minimum absolute atomic E-state index is 0.490. The first-order valence-electron chi connectivity index (χ1n) is 7.77. The van der Waals surface area contributed by atoms with E-state index in [1.54, 1.807) is 0 Å². The van der Waals surface area contributed by atoms with Gasteiger partial charge in [-0.2, -0.15) is 0 Å². The Kier molecular flexibility index (Phi) is 3.74. The van der Waals surface area contributed by atoms with E-state index >= 15 is 0 Å². The van der Waals surface area contributed by atoms with Crippen LogP contribution in [0.3, 0.4) is 0 Å². The average Bonchev–Trinajstić information content (AvgIpc) is 2.62. The minimum Gasteiger partial charge on any atom is -0.118 e. The highest BCUT2D eigenvalue weighted by Gasteiger charge is 2.29. The summed E-state index contributed by atoms with van der Waals surface area (Å²) in [6, 6.07) is 30.7. The molecule has 0 saturated carbocycles. The van der Waals surface area contributed by atoms with Crippen molar-refractivity contribution in [3.8, 4) is 0 Å². The summed E-state index contributed by atoms with van der Waals surface area (Å²) in [6.07, 6.45) is 1.16. The van der Waals surface area contributed by atoms with Crippen LogP contribution in [0.1, 0.15) is 34.3 Å². The van der Waals surface area contributed by atoms with E-state index in [1.165, 1.54) is 21.6 Å². The summed E-state index contributed by atoms with van der Waals surface area (Å²) in [7, 11) is 0. The van der Waals surface area contributed by atoms with E-state index in [-0.39, 0.29) is 0 Å².